The van der Waals surface area contributed by atoms with Crippen LogP contribution in [0.15, 0.2) is 4.99 Å². The number of hydrogen-bond donors (Lipinski definition) is 3. The lowest BCUT2D eigenvalue weighted by Crippen LogP contribution is -2.46. The summed E-state index contributed by atoms with van der Waals surface area (Å²) in [7, 11) is 0. The Morgan fingerprint density at radius 2 is 2.00 bits per heavy atom. The third kappa shape index (κ3) is 5.37. The van der Waals surface area contributed by atoms with Gasteiger partial charge in [-0.15, -0.1) is 0 Å². The fourth-order valence-electron chi connectivity index (χ4n) is 3.00. The molecule has 0 spiro atoms. The number of thioether (sulfide) groups is 1. The van der Waals surface area contributed by atoms with Gasteiger partial charge >= 0.3 is 0 Å². The molecule has 2 rings (SSSR count). The smallest absolute Gasteiger partial charge is 0.191 e. The Bertz CT molecular complexity index is 355. The van der Waals surface area contributed by atoms with E-state index < -0.39 is 5.60 Å². The van der Waals surface area contributed by atoms with Gasteiger partial charge < -0.3 is 15.7 Å². The molecule has 2 aliphatic rings. The third-order valence-electron chi connectivity index (χ3n) is 4.64. The molecule has 4 nitrogen and oxygen atoms in total. The van der Waals surface area contributed by atoms with E-state index in [9.17, 15) is 5.11 Å². The van der Waals surface area contributed by atoms with Crippen LogP contribution in [0.2, 0.25) is 0 Å². The summed E-state index contributed by atoms with van der Waals surface area (Å²) in [4.78, 5) is 4.63. The fraction of sp³-hybridized carbons (Fsp3) is 0.938. The summed E-state index contributed by atoms with van der Waals surface area (Å²) in [5.41, 5.74) is -0.106. The quantitative estimate of drug-likeness (QED) is 0.551. The molecule has 0 amide bonds. The van der Waals surface area contributed by atoms with E-state index >= 15 is 0 Å². The molecule has 0 bridgehead atoms. The van der Waals surface area contributed by atoms with Gasteiger partial charge in [0.15, 0.2) is 5.96 Å². The Morgan fingerprint density at radius 3 is 2.57 bits per heavy atom. The largest absolute Gasteiger partial charge is 0.387 e. The van der Waals surface area contributed by atoms with Crippen LogP contribution in [0.3, 0.4) is 0 Å². The minimum atomic E-state index is -0.596. The highest BCUT2D eigenvalue weighted by Gasteiger charge is 2.32. The van der Waals surface area contributed by atoms with E-state index in [0.29, 0.717) is 18.0 Å². The molecule has 1 atom stereocenters. The summed E-state index contributed by atoms with van der Waals surface area (Å²) in [6.45, 7) is 8.16. The van der Waals surface area contributed by atoms with Crippen molar-refractivity contribution < 1.29 is 5.11 Å². The molecule has 3 N–H and O–H groups in total. The maximum absolute atomic E-state index is 10.4. The van der Waals surface area contributed by atoms with Crippen molar-refractivity contribution in [1.29, 1.82) is 0 Å². The summed E-state index contributed by atoms with van der Waals surface area (Å²) in [6.07, 6.45) is 5.81. The van der Waals surface area contributed by atoms with Gasteiger partial charge in [-0.2, -0.15) is 11.8 Å². The van der Waals surface area contributed by atoms with Gasteiger partial charge in [0.05, 0.1) is 12.1 Å². The van der Waals surface area contributed by atoms with E-state index in [2.05, 4.69) is 36.4 Å². The SMILES string of the molecule is CCNC(=NCC1(O)CCSC1)NC1CCC(C)(C)CC1. The molecule has 1 aliphatic heterocycles. The molecule has 5 heteroatoms. The lowest BCUT2D eigenvalue weighted by atomic mass is 9.75. The van der Waals surface area contributed by atoms with Crippen molar-refractivity contribution in [2.75, 3.05) is 24.6 Å². The van der Waals surface area contributed by atoms with E-state index in [1.165, 1.54) is 25.7 Å². The summed E-state index contributed by atoms with van der Waals surface area (Å²) in [5.74, 6) is 2.73. The molecule has 2 fully saturated rings. The summed E-state index contributed by atoms with van der Waals surface area (Å²) < 4.78 is 0. The van der Waals surface area contributed by atoms with E-state index in [1.807, 2.05) is 11.8 Å². The Labute approximate surface area is 133 Å². The first-order valence-electron chi connectivity index (χ1n) is 8.27. The Morgan fingerprint density at radius 1 is 1.29 bits per heavy atom. The number of nitrogens with zero attached hydrogens (tertiary/aromatic N) is 1. The first kappa shape index (κ1) is 16.9. The molecule has 122 valence electrons. The van der Waals surface area contributed by atoms with Crippen LogP contribution in [0.1, 0.15) is 52.9 Å². The summed E-state index contributed by atoms with van der Waals surface area (Å²) >= 11 is 1.82. The maximum Gasteiger partial charge on any atom is 0.191 e. The number of hydrogen-bond acceptors (Lipinski definition) is 3. The third-order valence-corrected chi connectivity index (χ3v) is 5.87. The molecule has 1 aliphatic carbocycles. The van der Waals surface area contributed by atoms with E-state index in [1.54, 1.807) is 0 Å². The second-order valence-corrected chi connectivity index (χ2v) is 8.41. The zero-order chi connectivity index (χ0) is 15.3. The monoisotopic (exact) mass is 313 g/mol. The molecular weight excluding hydrogens is 282 g/mol. The highest BCUT2D eigenvalue weighted by Crippen LogP contribution is 2.35. The second kappa shape index (κ2) is 7.23. The zero-order valence-corrected chi connectivity index (χ0v) is 14.6. The minimum absolute atomic E-state index is 0.490. The van der Waals surface area contributed by atoms with Crippen molar-refractivity contribution in [1.82, 2.24) is 10.6 Å². The van der Waals surface area contributed by atoms with Crippen molar-refractivity contribution in [3.63, 3.8) is 0 Å². The van der Waals surface area contributed by atoms with Gasteiger partial charge in [0.2, 0.25) is 0 Å². The van der Waals surface area contributed by atoms with Crippen molar-refractivity contribution >= 4 is 17.7 Å². The second-order valence-electron chi connectivity index (χ2n) is 7.30. The van der Waals surface area contributed by atoms with E-state index in [-0.39, 0.29) is 0 Å². The van der Waals surface area contributed by atoms with Gasteiger partial charge in [0.1, 0.15) is 0 Å². The molecule has 1 heterocycles. The Balaban J connectivity index is 1.86. The lowest BCUT2D eigenvalue weighted by molar-refractivity contribution is 0.0778. The molecule has 0 radical (unpaired) electrons. The van der Waals surface area contributed by atoms with Gasteiger partial charge in [-0.3, -0.25) is 4.99 Å². The van der Waals surface area contributed by atoms with Crippen LogP contribution in [0, 0.1) is 5.41 Å². The highest BCUT2D eigenvalue weighted by atomic mass is 32.2. The van der Waals surface area contributed by atoms with E-state index in [4.69, 9.17) is 0 Å². The topological polar surface area (TPSA) is 56.7 Å². The zero-order valence-electron chi connectivity index (χ0n) is 13.7. The Kier molecular flexibility index (Phi) is 5.83. The van der Waals surface area contributed by atoms with Crippen molar-refractivity contribution in [2.24, 2.45) is 10.4 Å². The molecule has 1 unspecified atom stereocenters. The Hall–Kier alpha value is -0.420. The van der Waals surface area contributed by atoms with Crippen molar-refractivity contribution in [2.45, 2.75) is 64.5 Å². The molecule has 1 saturated heterocycles. The number of aliphatic imine (C=N–C) groups is 1. The number of rotatable bonds is 4. The van der Waals surface area contributed by atoms with Crippen LogP contribution in [0.25, 0.3) is 0 Å². The van der Waals surface area contributed by atoms with E-state index in [0.717, 1.165) is 30.4 Å². The minimum Gasteiger partial charge on any atom is -0.387 e. The van der Waals surface area contributed by atoms with Crippen LogP contribution in [-0.2, 0) is 0 Å². The molecule has 1 saturated carbocycles. The van der Waals surface area contributed by atoms with Gasteiger partial charge in [-0.05, 0) is 50.2 Å². The molecule has 0 aromatic heterocycles. The number of aliphatic hydroxyl groups is 1. The van der Waals surface area contributed by atoms with Gasteiger partial charge in [0, 0.05) is 18.3 Å². The molecular formula is C16H31N3OS. The fourth-order valence-corrected chi connectivity index (χ4v) is 4.29. The van der Waals surface area contributed by atoms with Gasteiger partial charge in [-0.25, -0.2) is 0 Å². The molecule has 0 aromatic rings. The maximum atomic E-state index is 10.4. The van der Waals surface area contributed by atoms with Crippen LogP contribution in [-0.4, -0.2) is 47.3 Å². The van der Waals surface area contributed by atoms with Crippen LogP contribution in [0.4, 0.5) is 0 Å². The predicted octanol–water partition coefficient (Wildman–Crippen LogP) is 2.38. The van der Waals surface area contributed by atoms with Crippen molar-refractivity contribution in [3.8, 4) is 0 Å². The number of nitrogens with one attached hydrogen (secondary N) is 2. The normalized spacial score (nSPS) is 30.4. The average Bonchev–Trinajstić information content (AvgIpc) is 2.86. The highest BCUT2D eigenvalue weighted by molar-refractivity contribution is 7.99. The first-order chi connectivity index (χ1) is 9.92. The summed E-state index contributed by atoms with van der Waals surface area (Å²) in [6, 6.07) is 0.517. The van der Waals surface area contributed by atoms with Crippen LogP contribution in [0.5, 0.6) is 0 Å². The molecule has 0 aromatic carbocycles. The summed E-state index contributed by atoms with van der Waals surface area (Å²) in [5, 5.41) is 17.3. The van der Waals surface area contributed by atoms with Gasteiger partial charge in [-0.1, -0.05) is 13.8 Å². The molecule has 21 heavy (non-hydrogen) atoms. The average molecular weight is 314 g/mol. The first-order valence-corrected chi connectivity index (χ1v) is 9.43. The van der Waals surface area contributed by atoms with Crippen molar-refractivity contribution in [3.05, 3.63) is 0 Å². The standard InChI is InChI=1S/C16H31N3OS/c1-4-17-14(18-11-16(20)9-10-21-12-16)19-13-5-7-15(2,3)8-6-13/h13,20H,4-12H2,1-3H3,(H2,17,18,19). The van der Waals surface area contributed by atoms with Crippen LogP contribution < -0.4 is 10.6 Å². The van der Waals surface area contributed by atoms with Gasteiger partial charge in [0.25, 0.3) is 0 Å². The number of guanidine groups is 1. The predicted molar refractivity (Wildman–Crippen MR) is 92.0 cm³/mol. The van der Waals surface area contributed by atoms with Crippen LogP contribution >= 0.6 is 11.8 Å². The lowest BCUT2D eigenvalue weighted by Gasteiger charge is -2.35.